The topological polar surface area (TPSA) is 842 Å². The molecule has 0 bridgehead atoms. The number of primary amides is 2. The minimum atomic E-state index is -1.73. The highest BCUT2D eigenvalue weighted by atomic mass is 16.2. The number of nitrogens with zero attached hydrogens (tertiary/aromatic N) is 6. The van der Waals surface area contributed by atoms with Crippen LogP contribution in [0.15, 0.2) is 30.0 Å². The predicted octanol–water partition coefficient (Wildman–Crippen LogP) is -11.7. The van der Waals surface area contributed by atoms with Crippen LogP contribution in [0.1, 0.15) is 155 Å². The van der Waals surface area contributed by atoms with E-state index in [-0.39, 0.29) is 191 Å². The van der Waals surface area contributed by atoms with E-state index in [2.05, 4.69) is 83.1 Å². The van der Waals surface area contributed by atoms with Crippen molar-refractivity contribution in [2.45, 2.75) is 215 Å². The van der Waals surface area contributed by atoms with Crippen molar-refractivity contribution in [1.82, 2.24) is 53.2 Å². The molecule has 10 atom stereocenters. The van der Waals surface area contributed by atoms with E-state index < -0.39 is 144 Å². The van der Waals surface area contributed by atoms with Crippen molar-refractivity contribution in [1.29, 1.82) is 0 Å². The first kappa shape index (κ1) is 95.1. The third-order valence-corrected chi connectivity index (χ3v) is 15.6. The molecule has 0 heterocycles. The van der Waals surface area contributed by atoms with Crippen molar-refractivity contribution in [2.24, 2.45) is 127 Å². The average molecular weight is 1510 g/mol. The van der Waals surface area contributed by atoms with Crippen LogP contribution in [-0.4, -0.2) is 226 Å². The molecule has 0 saturated carbocycles. The molecule has 0 aliphatic rings. The lowest BCUT2D eigenvalue weighted by Crippen LogP contribution is -2.60. The molecule has 602 valence electrons. The number of hydrogen-bond donors (Lipinski definition) is 27. The van der Waals surface area contributed by atoms with Crippen molar-refractivity contribution in [3.05, 3.63) is 0 Å². The van der Waals surface area contributed by atoms with Crippen molar-refractivity contribution >= 4 is 107 Å². The molecule has 0 saturated heterocycles. The Bertz CT molecular complexity index is 2950. The number of carbonyl (C=O) groups excluding carboxylic acids is 12. The highest BCUT2D eigenvalue weighted by Crippen LogP contribution is 2.13. The summed E-state index contributed by atoms with van der Waals surface area (Å²) in [6.45, 7) is 1.77. The molecule has 0 aromatic heterocycles. The van der Waals surface area contributed by atoms with Gasteiger partial charge in [-0.1, -0.05) is 0 Å². The summed E-state index contributed by atoms with van der Waals surface area (Å²) < 4.78 is 0. The van der Waals surface area contributed by atoms with Gasteiger partial charge < -0.3 is 151 Å². The third-order valence-electron chi connectivity index (χ3n) is 15.6. The summed E-state index contributed by atoms with van der Waals surface area (Å²) in [6.07, 6.45) is 0.935. The SMILES string of the molecule is CC(=O)N[C@H](CCCCN)C(=O)N[C@H](CCCN=C(N)N)C(=O)N[C@H](CCCN=C(N)N)C(=O)N[C@H](CCCN=C(N)N)C(=O)N[C@H](CCC(N)=O)C(=O)N[C@H](CCCN=C(N)N)C(=O)N[C@H](CCCN=C(N)N)C(=O)N[C@H](CCCCN)C(=O)N[C@H](CCCCN)C(=O)N[C@H](CCCN=C(N)N)C(N)=O. The predicted molar refractivity (Wildman–Crippen MR) is 401 cm³/mol. The van der Waals surface area contributed by atoms with Crippen LogP contribution in [0, 0.1) is 0 Å². The second kappa shape index (κ2) is 55.7. The number of guanidine groups is 6. The minimum Gasteiger partial charge on any atom is -0.370 e. The van der Waals surface area contributed by atoms with Gasteiger partial charge >= 0.3 is 0 Å². The van der Waals surface area contributed by atoms with Crippen molar-refractivity contribution in [3.8, 4) is 0 Å². The molecular weight excluding hydrogens is 1390 g/mol. The van der Waals surface area contributed by atoms with Gasteiger partial charge in [0.05, 0.1) is 0 Å². The van der Waals surface area contributed by atoms with E-state index in [1.165, 1.54) is 6.92 Å². The Labute approximate surface area is 616 Å². The van der Waals surface area contributed by atoms with Gasteiger partial charge in [0.25, 0.3) is 0 Å². The molecule has 0 spiro atoms. The van der Waals surface area contributed by atoms with E-state index in [0.29, 0.717) is 38.6 Å². The lowest BCUT2D eigenvalue weighted by molar-refractivity contribution is -0.136. The molecule has 45 nitrogen and oxygen atoms in total. The van der Waals surface area contributed by atoms with Crippen LogP contribution in [0.4, 0.5) is 0 Å². The summed E-state index contributed by atoms with van der Waals surface area (Å²) in [5, 5.41) is 26.2. The van der Waals surface area contributed by atoms with Crippen molar-refractivity contribution < 1.29 is 57.5 Å². The summed E-state index contributed by atoms with van der Waals surface area (Å²) >= 11 is 0. The van der Waals surface area contributed by atoms with Gasteiger partial charge in [0.2, 0.25) is 70.9 Å². The summed E-state index contributed by atoms with van der Waals surface area (Å²) in [6, 6.07) is -14.3. The molecule has 0 rings (SSSR count). The van der Waals surface area contributed by atoms with Crippen molar-refractivity contribution in [3.63, 3.8) is 0 Å². The maximum Gasteiger partial charge on any atom is 0.243 e. The first-order chi connectivity index (χ1) is 50.1. The monoisotopic (exact) mass is 1510 g/mol. The molecule has 45 heteroatoms. The van der Waals surface area contributed by atoms with Crippen LogP contribution in [0.2, 0.25) is 0 Å². The van der Waals surface area contributed by atoms with Crippen LogP contribution in [0.3, 0.4) is 0 Å². The number of hydrogen-bond acceptors (Lipinski definition) is 21. The number of nitrogens with two attached hydrogens (primary N) is 17. The van der Waals surface area contributed by atoms with Crippen molar-refractivity contribution in [2.75, 3.05) is 58.9 Å². The van der Waals surface area contributed by atoms with E-state index in [0.717, 1.165) is 0 Å². The Morgan fingerprint density at radius 3 is 0.575 bits per heavy atom. The molecule has 0 aromatic carbocycles. The van der Waals surface area contributed by atoms with Crippen LogP contribution in [0.5, 0.6) is 0 Å². The summed E-state index contributed by atoms with van der Waals surface area (Å²) in [5.41, 5.74) is 95.1. The van der Waals surface area contributed by atoms with E-state index in [1.54, 1.807) is 0 Å². The molecule has 0 fully saturated rings. The Balaban J connectivity index is 7.78. The largest absolute Gasteiger partial charge is 0.370 e. The molecule has 0 radical (unpaired) electrons. The van der Waals surface area contributed by atoms with Gasteiger partial charge in [-0.25, -0.2) is 0 Å². The number of aliphatic imine (C=N–C) groups is 6. The molecule has 0 aromatic rings. The standard InChI is InChI=1S/C61H121N33O12/c1-34(95)85-36(14-2-5-25-62)47(98)89-39(18-9-29-80-57(69)70)51(102)91-41(20-11-31-82-59(73)74)52(103)92-43(22-13-33-84-61(77)78)54(105)94-44(23-24-45(65)96)55(106)93-42(21-12-32-83-60(75)76)53(104)90-40(19-10-30-81-58(71)72)50(101)88-38(16-4-7-27-64)49(100)87-37(15-3-6-26-63)48(99)86-35(46(66)97)17-8-28-79-56(67)68/h35-44H,2-33,62-64H2,1H3,(H2,65,96)(H2,66,97)(H,85,95)(H,86,99)(H,87,100)(H,88,101)(H,89,98)(H,90,104)(H,91,102)(H,92,103)(H,93,106)(H,94,105)(H4,67,68,79)(H4,69,70,80)(H4,71,72,81)(H4,73,74,82)(H4,75,76,83)(H4,77,78,84)/t35-,36-,37-,38-,39-,40-,41-,42-,43-,44-/m1/s1. The number of carbonyl (C=O) groups is 12. The molecule has 0 aliphatic heterocycles. The second-order valence-electron chi connectivity index (χ2n) is 24.8. The van der Waals surface area contributed by atoms with E-state index in [9.17, 15) is 57.5 Å². The summed E-state index contributed by atoms with van der Waals surface area (Å²) in [4.78, 5) is 191. The van der Waals surface area contributed by atoms with E-state index in [4.69, 9.17) is 97.5 Å². The maximum absolute atomic E-state index is 14.8. The lowest BCUT2D eigenvalue weighted by Gasteiger charge is -2.28. The fourth-order valence-electron chi connectivity index (χ4n) is 10.2. The molecular formula is C61H121N33O12. The molecule has 44 N–H and O–H groups in total. The summed E-state index contributed by atoms with van der Waals surface area (Å²) in [7, 11) is 0. The number of unbranched alkanes of at least 4 members (excludes halogenated alkanes) is 3. The molecule has 0 aliphatic carbocycles. The van der Waals surface area contributed by atoms with Gasteiger partial charge in [-0.15, -0.1) is 0 Å². The van der Waals surface area contributed by atoms with Crippen LogP contribution >= 0.6 is 0 Å². The Kier molecular flexibility index (Phi) is 49.9. The number of nitrogens with one attached hydrogen (secondary N) is 10. The van der Waals surface area contributed by atoms with Gasteiger partial charge in [-0.2, -0.15) is 0 Å². The minimum absolute atomic E-state index is 0.00540. The van der Waals surface area contributed by atoms with Gasteiger partial charge in [-0.05, 0) is 161 Å². The Hall–Kier alpha value is -10.9. The van der Waals surface area contributed by atoms with Crippen LogP contribution in [-0.2, 0) is 57.5 Å². The zero-order valence-electron chi connectivity index (χ0n) is 60.8. The average Bonchev–Trinajstić information content (AvgIpc) is 0.848. The van der Waals surface area contributed by atoms with E-state index in [1.807, 2.05) is 0 Å². The lowest BCUT2D eigenvalue weighted by atomic mass is 10.0. The van der Waals surface area contributed by atoms with Gasteiger partial charge in [0, 0.05) is 52.6 Å². The zero-order chi connectivity index (χ0) is 80.1. The quantitative estimate of drug-likeness (QED) is 0.0153. The molecule has 106 heavy (non-hydrogen) atoms. The van der Waals surface area contributed by atoms with E-state index >= 15 is 0 Å². The van der Waals surface area contributed by atoms with Crippen LogP contribution < -0.4 is 151 Å². The first-order valence-electron chi connectivity index (χ1n) is 35.2. The number of amides is 12. The smallest absolute Gasteiger partial charge is 0.243 e. The Morgan fingerprint density at radius 2 is 0.406 bits per heavy atom. The highest BCUT2D eigenvalue weighted by Gasteiger charge is 2.36. The second-order valence-corrected chi connectivity index (χ2v) is 24.8. The maximum atomic E-state index is 14.8. The summed E-state index contributed by atoms with van der Waals surface area (Å²) in [5.74, 6) is -12.3. The normalized spacial score (nSPS) is 13.6. The molecule has 12 amide bonds. The first-order valence-corrected chi connectivity index (χ1v) is 35.2. The van der Waals surface area contributed by atoms with Gasteiger partial charge in [-0.3, -0.25) is 87.5 Å². The number of rotatable bonds is 59. The fraction of sp³-hybridized carbons (Fsp3) is 0.705. The zero-order valence-corrected chi connectivity index (χ0v) is 60.8. The Morgan fingerprint density at radius 1 is 0.236 bits per heavy atom. The third kappa shape index (κ3) is 46.0. The highest BCUT2D eigenvalue weighted by molar-refractivity contribution is 5.99. The van der Waals surface area contributed by atoms with Gasteiger partial charge in [0.15, 0.2) is 35.8 Å². The van der Waals surface area contributed by atoms with Crippen LogP contribution in [0.25, 0.3) is 0 Å². The molecule has 0 unspecified atom stereocenters. The van der Waals surface area contributed by atoms with Gasteiger partial charge in [0.1, 0.15) is 60.4 Å². The fourth-order valence-corrected chi connectivity index (χ4v) is 10.2.